The van der Waals surface area contributed by atoms with Crippen molar-refractivity contribution in [1.29, 1.82) is 0 Å². The molecule has 1 heterocycles. The molecule has 9 heteroatoms. The van der Waals surface area contributed by atoms with Crippen molar-refractivity contribution in [3.05, 3.63) is 111 Å². The number of nitrogens with one attached hydrogen (secondary N) is 2. The molecule has 0 spiro atoms. The molecule has 0 radical (unpaired) electrons. The number of carbonyl (C=O) groups is 3. The van der Waals surface area contributed by atoms with E-state index >= 15 is 0 Å². The average Bonchev–Trinajstić information content (AvgIpc) is 2.88. The molecule has 8 nitrogen and oxygen atoms in total. The minimum Gasteiger partial charge on any atom is -0.422 e. The van der Waals surface area contributed by atoms with Crippen molar-refractivity contribution in [2.24, 2.45) is 0 Å². The highest BCUT2D eigenvalue weighted by molar-refractivity contribution is 6.31. The fraction of sp³-hybridized carbons (Fsp3) is 0.111. The van der Waals surface area contributed by atoms with Gasteiger partial charge in [0.05, 0.1) is 17.3 Å². The molecule has 0 saturated carbocycles. The smallest absolute Gasteiger partial charge is 0.341 e. The molecule has 4 rings (SSSR count). The number of nitrogens with zero attached hydrogens (tertiary/aromatic N) is 1. The Hall–Kier alpha value is -4.27. The third-order valence-corrected chi connectivity index (χ3v) is 5.68. The SMILES string of the molecule is C[C@@H](NNC(=O)CC(=O)N(C(=O)c1ccccc1)c1ccc(Cl)cc1)c1cc2ccccc2oc1=O. The summed E-state index contributed by atoms with van der Waals surface area (Å²) in [4.78, 5) is 52.1. The lowest BCUT2D eigenvalue weighted by atomic mass is 10.1. The number of rotatable bonds is 7. The van der Waals surface area contributed by atoms with Gasteiger partial charge in [0.25, 0.3) is 5.91 Å². The Balaban J connectivity index is 1.46. The molecule has 0 unspecified atom stereocenters. The van der Waals surface area contributed by atoms with E-state index in [1.165, 1.54) is 12.1 Å². The number of amides is 3. The van der Waals surface area contributed by atoms with E-state index in [0.29, 0.717) is 16.2 Å². The van der Waals surface area contributed by atoms with E-state index in [0.717, 1.165) is 10.3 Å². The van der Waals surface area contributed by atoms with Gasteiger partial charge in [0, 0.05) is 16.0 Å². The summed E-state index contributed by atoms with van der Waals surface area (Å²) in [6.45, 7) is 1.67. The predicted molar refractivity (Wildman–Crippen MR) is 137 cm³/mol. The fourth-order valence-corrected chi connectivity index (χ4v) is 3.71. The zero-order chi connectivity index (χ0) is 25.7. The number of anilines is 1. The summed E-state index contributed by atoms with van der Waals surface area (Å²) >= 11 is 5.95. The maximum absolute atomic E-state index is 13.1. The standard InChI is InChI=1S/C27H22ClN3O5/c1-17(22-15-19-9-5-6-10-23(19)36-27(22)35)29-30-24(32)16-25(33)31(21-13-11-20(28)12-14-21)26(34)18-7-3-2-4-8-18/h2-15,17,29H,16H2,1H3,(H,30,32)/t17-/m1/s1. The number of imide groups is 1. The lowest BCUT2D eigenvalue weighted by Gasteiger charge is -2.21. The molecule has 2 N–H and O–H groups in total. The van der Waals surface area contributed by atoms with Crippen molar-refractivity contribution < 1.29 is 18.8 Å². The summed E-state index contributed by atoms with van der Waals surface area (Å²) in [6, 6.07) is 22.6. The van der Waals surface area contributed by atoms with E-state index in [-0.39, 0.29) is 11.3 Å². The highest BCUT2D eigenvalue weighted by Gasteiger charge is 2.27. The Labute approximate surface area is 211 Å². The second-order valence-corrected chi connectivity index (χ2v) is 8.43. The van der Waals surface area contributed by atoms with Crippen molar-refractivity contribution in [3.63, 3.8) is 0 Å². The van der Waals surface area contributed by atoms with Gasteiger partial charge in [0.15, 0.2) is 0 Å². The van der Waals surface area contributed by atoms with Gasteiger partial charge in [-0.2, -0.15) is 0 Å². The molecule has 0 fully saturated rings. The van der Waals surface area contributed by atoms with Gasteiger partial charge >= 0.3 is 5.63 Å². The largest absolute Gasteiger partial charge is 0.422 e. The van der Waals surface area contributed by atoms with Gasteiger partial charge in [-0.15, -0.1) is 0 Å². The normalized spacial score (nSPS) is 11.6. The molecule has 3 aromatic carbocycles. The average molecular weight is 504 g/mol. The van der Waals surface area contributed by atoms with Crippen molar-refractivity contribution in [1.82, 2.24) is 10.9 Å². The number of hydrogen-bond acceptors (Lipinski definition) is 6. The molecule has 36 heavy (non-hydrogen) atoms. The Bertz CT molecular complexity index is 1470. The number of carbonyl (C=O) groups excluding carboxylic acids is 3. The topological polar surface area (TPSA) is 109 Å². The van der Waals surface area contributed by atoms with Crippen LogP contribution in [0.15, 0.2) is 94.1 Å². The van der Waals surface area contributed by atoms with Crippen LogP contribution < -0.4 is 21.4 Å². The molecule has 3 amide bonds. The lowest BCUT2D eigenvalue weighted by Crippen LogP contribution is -2.44. The Morgan fingerprint density at radius 3 is 2.33 bits per heavy atom. The van der Waals surface area contributed by atoms with Gasteiger partial charge in [0.2, 0.25) is 11.8 Å². The first-order chi connectivity index (χ1) is 17.3. The van der Waals surface area contributed by atoms with Crippen molar-refractivity contribution >= 4 is 46.0 Å². The van der Waals surface area contributed by atoms with Gasteiger partial charge < -0.3 is 4.42 Å². The summed E-state index contributed by atoms with van der Waals surface area (Å²) in [6.07, 6.45) is -0.618. The van der Waals surface area contributed by atoms with Gasteiger partial charge in [-0.05, 0) is 55.5 Å². The van der Waals surface area contributed by atoms with Crippen LogP contribution in [0.3, 0.4) is 0 Å². The maximum atomic E-state index is 13.1. The van der Waals surface area contributed by atoms with Crippen molar-refractivity contribution in [2.75, 3.05) is 4.90 Å². The van der Waals surface area contributed by atoms with Crippen LogP contribution in [-0.4, -0.2) is 17.7 Å². The molecule has 1 atom stereocenters. The van der Waals surface area contributed by atoms with E-state index in [1.807, 2.05) is 6.07 Å². The first kappa shape index (κ1) is 24.8. The predicted octanol–water partition coefficient (Wildman–Crippen LogP) is 4.39. The van der Waals surface area contributed by atoms with Crippen LogP contribution in [0.5, 0.6) is 0 Å². The van der Waals surface area contributed by atoms with Crippen molar-refractivity contribution in [2.45, 2.75) is 19.4 Å². The number of halogens is 1. The molecule has 4 aromatic rings. The third-order valence-electron chi connectivity index (χ3n) is 5.43. The monoisotopic (exact) mass is 503 g/mol. The van der Waals surface area contributed by atoms with Crippen LogP contribution in [0, 0.1) is 0 Å². The molecule has 0 aliphatic carbocycles. The van der Waals surface area contributed by atoms with E-state index in [9.17, 15) is 19.2 Å². The molecular formula is C27H22ClN3O5. The molecule has 0 aliphatic heterocycles. The molecule has 0 bridgehead atoms. The number of benzene rings is 3. The van der Waals surface area contributed by atoms with Crippen LogP contribution in [0.1, 0.15) is 35.3 Å². The van der Waals surface area contributed by atoms with Gasteiger partial charge in [-0.3, -0.25) is 19.8 Å². The Morgan fingerprint density at radius 2 is 1.61 bits per heavy atom. The molecular weight excluding hydrogens is 482 g/mol. The van der Waals surface area contributed by atoms with Gasteiger partial charge in [0.1, 0.15) is 12.0 Å². The Kier molecular flexibility index (Phi) is 7.58. The zero-order valence-corrected chi connectivity index (χ0v) is 20.0. The van der Waals surface area contributed by atoms with Crippen LogP contribution in [0.4, 0.5) is 5.69 Å². The van der Waals surface area contributed by atoms with Crippen LogP contribution in [0.25, 0.3) is 11.0 Å². The van der Waals surface area contributed by atoms with Gasteiger partial charge in [-0.25, -0.2) is 15.1 Å². The van der Waals surface area contributed by atoms with E-state index < -0.39 is 35.8 Å². The van der Waals surface area contributed by atoms with Crippen LogP contribution in [-0.2, 0) is 9.59 Å². The van der Waals surface area contributed by atoms with Crippen molar-refractivity contribution in [3.8, 4) is 0 Å². The molecule has 182 valence electrons. The summed E-state index contributed by atoms with van der Waals surface area (Å²) in [7, 11) is 0. The maximum Gasteiger partial charge on any atom is 0.341 e. The lowest BCUT2D eigenvalue weighted by molar-refractivity contribution is -0.128. The fourth-order valence-electron chi connectivity index (χ4n) is 3.58. The summed E-state index contributed by atoms with van der Waals surface area (Å²) in [5.41, 5.74) is 5.95. The zero-order valence-electron chi connectivity index (χ0n) is 19.2. The van der Waals surface area contributed by atoms with Crippen LogP contribution >= 0.6 is 11.6 Å². The second-order valence-electron chi connectivity index (χ2n) is 7.99. The molecule has 0 aliphatic rings. The highest BCUT2D eigenvalue weighted by atomic mass is 35.5. The Morgan fingerprint density at radius 1 is 0.944 bits per heavy atom. The number of hydrogen-bond donors (Lipinski definition) is 2. The summed E-state index contributed by atoms with van der Waals surface area (Å²) in [5, 5.41) is 1.17. The summed E-state index contributed by atoms with van der Waals surface area (Å²) in [5.74, 6) is -1.99. The van der Waals surface area contributed by atoms with E-state index in [1.54, 1.807) is 73.7 Å². The number of hydrazine groups is 1. The number of para-hydroxylation sites is 1. The summed E-state index contributed by atoms with van der Waals surface area (Å²) < 4.78 is 5.33. The van der Waals surface area contributed by atoms with E-state index in [4.69, 9.17) is 16.0 Å². The van der Waals surface area contributed by atoms with E-state index in [2.05, 4.69) is 10.9 Å². The quantitative estimate of drug-likeness (QED) is 0.220. The number of fused-ring (bicyclic) bond motifs is 1. The first-order valence-electron chi connectivity index (χ1n) is 11.1. The molecule has 1 aromatic heterocycles. The second kappa shape index (κ2) is 11.0. The first-order valence-corrected chi connectivity index (χ1v) is 11.5. The van der Waals surface area contributed by atoms with Gasteiger partial charge in [-0.1, -0.05) is 48.0 Å². The van der Waals surface area contributed by atoms with Crippen LogP contribution in [0.2, 0.25) is 5.02 Å². The highest BCUT2D eigenvalue weighted by Crippen LogP contribution is 2.21. The third kappa shape index (κ3) is 5.68. The molecule has 0 saturated heterocycles. The minimum absolute atomic E-state index is 0.279. The minimum atomic E-state index is -0.733.